The second-order valence-electron chi connectivity index (χ2n) is 10.2. The summed E-state index contributed by atoms with van der Waals surface area (Å²) in [6, 6.07) is 8.99. The molecule has 1 aliphatic carbocycles. The van der Waals surface area contributed by atoms with Crippen LogP contribution in [0.15, 0.2) is 36.0 Å². The first-order chi connectivity index (χ1) is 18.0. The Bertz CT molecular complexity index is 1190. The maximum absolute atomic E-state index is 8.93. The van der Waals surface area contributed by atoms with Crippen LogP contribution in [0, 0.1) is 12.3 Å². The number of likely N-dealkylation sites (N-methyl/N-ethyl adjacent to an activating group) is 1. The van der Waals surface area contributed by atoms with Gasteiger partial charge in [0, 0.05) is 55.8 Å². The summed E-state index contributed by atoms with van der Waals surface area (Å²) in [5.74, 6) is 0.990. The van der Waals surface area contributed by atoms with Gasteiger partial charge in [-0.05, 0) is 45.2 Å². The number of hydrogen-bond donors (Lipinski definition) is 4. The Hall–Kier alpha value is -3.08. The average Bonchev–Trinajstić information content (AvgIpc) is 3.33. The van der Waals surface area contributed by atoms with Gasteiger partial charge < -0.3 is 21.3 Å². The summed E-state index contributed by atoms with van der Waals surface area (Å²) in [5, 5.41) is 18.8. The molecular formula is C27H37N9S. The average molecular weight is 520 g/mol. The first kappa shape index (κ1) is 25.6. The van der Waals surface area contributed by atoms with Crippen molar-refractivity contribution in [1.82, 2.24) is 24.8 Å². The normalized spacial score (nSPS) is 21.0. The number of nitrogens with one attached hydrogen (secondary N) is 3. The van der Waals surface area contributed by atoms with Crippen LogP contribution < -0.4 is 16.4 Å². The highest BCUT2D eigenvalue weighted by molar-refractivity contribution is 7.13. The predicted molar refractivity (Wildman–Crippen MR) is 152 cm³/mol. The molecule has 3 aromatic rings. The van der Waals surface area contributed by atoms with Crippen LogP contribution in [0.25, 0.3) is 0 Å². The number of anilines is 3. The molecule has 2 aliphatic rings. The Morgan fingerprint density at radius 2 is 1.81 bits per heavy atom. The SMILES string of the molecule is Cc1csc(NCc2ccc(C(=N)c3c(N)ncnc3NC3CCC(N4CCN(C)CC4)CC3)cc2)n1. The van der Waals surface area contributed by atoms with E-state index in [4.69, 9.17) is 11.1 Å². The third-order valence-electron chi connectivity index (χ3n) is 7.52. The van der Waals surface area contributed by atoms with Crippen LogP contribution in [0.2, 0.25) is 0 Å². The van der Waals surface area contributed by atoms with Crippen LogP contribution in [0.4, 0.5) is 16.8 Å². The third kappa shape index (κ3) is 6.26. The molecule has 0 bridgehead atoms. The number of nitrogen functional groups attached to an aromatic ring is 1. The smallest absolute Gasteiger partial charge is 0.183 e. The molecule has 10 heteroatoms. The molecule has 5 N–H and O–H groups in total. The van der Waals surface area contributed by atoms with Gasteiger partial charge in [0.15, 0.2) is 5.13 Å². The lowest BCUT2D eigenvalue weighted by Gasteiger charge is -2.41. The van der Waals surface area contributed by atoms with Crippen LogP contribution in [0.3, 0.4) is 0 Å². The van der Waals surface area contributed by atoms with Crippen molar-refractivity contribution in [3.05, 3.63) is 58.4 Å². The van der Waals surface area contributed by atoms with Gasteiger partial charge in [-0.3, -0.25) is 10.3 Å². The molecule has 1 saturated heterocycles. The molecular weight excluding hydrogens is 482 g/mol. The minimum Gasteiger partial charge on any atom is -0.383 e. The summed E-state index contributed by atoms with van der Waals surface area (Å²) < 4.78 is 0. The lowest BCUT2D eigenvalue weighted by atomic mass is 9.89. The fraction of sp³-hybridized carbons (Fsp3) is 0.481. The van der Waals surface area contributed by atoms with Gasteiger partial charge >= 0.3 is 0 Å². The Kier molecular flexibility index (Phi) is 7.97. The van der Waals surface area contributed by atoms with Gasteiger partial charge in [0.1, 0.15) is 18.0 Å². The summed E-state index contributed by atoms with van der Waals surface area (Å²) in [6.45, 7) is 7.33. The molecule has 0 amide bonds. The number of aromatic nitrogens is 3. The zero-order valence-electron chi connectivity index (χ0n) is 21.7. The van der Waals surface area contributed by atoms with E-state index in [9.17, 15) is 0 Å². The highest BCUT2D eigenvalue weighted by Crippen LogP contribution is 2.29. The Morgan fingerprint density at radius 1 is 1.08 bits per heavy atom. The molecule has 2 aromatic heterocycles. The van der Waals surface area contributed by atoms with Gasteiger partial charge in [-0.2, -0.15) is 0 Å². The number of thiazole rings is 1. The summed E-state index contributed by atoms with van der Waals surface area (Å²) in [6.07, 6.45) is 6.04. The van der Waals surface area contributed by atoms with E-state index in [0.717, 1.165) is 47.9 Å². The first-order valence-electron chi connectivity index (χ1n) is 13.1. The zero-order valence-corrected chi connectivity index (χ0v) is 22.5. The van der Waals surface area contributed by atoms with Crippen LogP contribution in [0.1, 0.15) is 48.1 Å². The standard InChI is InChI=1S/C27H37N9S/c1-18-16-37-27(33-18)30-15-19-3-5-20(6-4-19)24(28)23-25(29)31-17-32-26(23)34-21-7-9-22(10-8-21)36-13-11-35(2)12-14-36/h3-6,16-17,21-22,28H,7-15H2,1-2H3,(H,30,33)(H3,29,31,32,34). The van der Waals surface area contributed by atoms with E-state index >= 15 is 0 Å². The van der Waals surface area contributed by atoms with E-state index in [-0.39, 0.29) is 0 Å². The number of hydrogen-bond acceptors (Lipinski definition) is 10. The highest BCUT2D eigenvalue weighted by atomic mass is 32.1. The summed E-state index contributed by atoms with van der Waals surface area (Å²) in [7, 11) is 2.21. The van der Waals surface area contributed by atoms with Crippen molar-refractivity contribution in [2.24, 2.45) is 0 Å². The molecule has 9 nitrogen and oxygen atoms in total. The number of nitrogens with two attached hydrogens (primary N) is 1. The van der Waals surface area contributed by atoms with Gasteiger partial charge in [0.05, 0.1) is 17.0 Å². The lowest BCUT2D eigenvalue weighted by molar-refractivity contribution is 0.0894. The lowest BCUT2D eigenvalue weighted by Crippen LogP contribution is -2.50. The Balaban J connectivity index is 1.21. The molecule has 196 valence electrons. The molecule has 3 heterocycles. The van der Waals surface area contributed by atoms with E-state index < -0.39 is 0 Å². The largest absolute Gasteiger partial charge is 0.383 e. The van der Waals surface area contributed by atoms with Crippen molar-refractivity contribution in [3.63, 3.8) is 0 Å². The van der Waals surface area contributed by atoms with Gasteiger partial charge in [-0.1, -0.05) is 24.3 Å². The number of nitrogens with zero attached hydrogens (tertiary/aromatic N) is 5. The van der Waals surface area contributed by atoms with Crippen molar-refractivity contribution in [2.75, 3.05) is 49.6 Å². The van der Waals surface area contributed by atoms with E-state index in [1.807, 2.05) is 36.6 Å². The molecule has 0 radical (unpaired) electrons. The third-order valence-corrected chi connectivity index (χ3v) is 8.44. The van der Waals surface area contributed by atoms with Crippen molar-refractivity contribution < 1.29 is 0 Å². The molecule has 0 unspecified atom stereocenters. The zero-order chi connectivity index (χ0) is 25.8. The number of aryl methyl sites for hydroxylation is 1. The van der Waals surface area contributed by atoms with Crippen molar-refractivity contribution in [1.29, 1.82) is 5.41 Å². The minimum absolute atomic E-state index is 0.326. The van der Waals surface area contributed by atoms with Crippen LogP contribution >= 0.6 is 11.3 Å². The van der Waals surface area contributed by atoms with E-state index in [0.29, 0.717) is 41.5 Å². The Morgan fingerprint density at radius 3 is 2.49 bits per heavy atom. The maximum atomic E-state index is 8.93. The molecule has 1 aromatic carbocycles. The number of benzene rings is 1. The quantitative estimate of drug-likeness (QED) is 0.332. The van der Waals surface area contributed by atoms with Gasteiger partial charge in [-0.15, -0.1) is 11.3 Å². The fourth-order valence-electron chi connectivity index (χ4n) is 5.27. The highest BCUT2D eigenvalue weighted by Gasteiger charge is 2.28. The van der Waals surface area contributed by atoms with Gasteiger partial charge in [0.2, 0.25) is 0 Å². The van der Waals surface area contributed by atoms with E-state index in [2.05, 4.69) is 42.4 Å². The van der Waals surface area contributed by atoms with Crippen LogP contribution in [-0.2, 0) is 6.54 Å². The molecule has 5 rings (SSSR count). The van der Waals surface area contributed by atoms with E-state index in [1.165, 1.54) is 32.3 Å². The molecule has 1 saturated carbocycles. The minimum atomic E-state index is 0.326. The molecule has 37 heavy (non-hydrogen) atoms. The first-order valence-corrected chi connectivity index (χ1v) is 14.0. The summed E-state index contributed by atoms with van der Waals surface area (Å²) in [5.41, 5.74) is 10.1. The molecule has 0 spiro atoms. The monoisotopic (exact) mass is 519 g/mol. The predicted octanol–water partition coefficient (Wildman–Crippen LogP) is 3.82. The van der Waals surface area contributed by atoms with Crippen LogP contribution in [-0.4, -0.2) is 75.8 Å². The maximum Gasteiger partial charge on any atom is 0.183 e. The fourth-order valence-corrected chi connectivity index (χ4v) is 5.95. The van der Waals surface area contributed by atoms with Crippen molar-refractivity contribution >= 4 is 33.8 Å². The number of piperazine rings is 1. The molecule has 0 atom stereocenters. The molecule has 2 fully saturated rings. The Labute approximate surface area is 223 Å². The van der Waals surface area contributed by atoms with Crippen LogP contribution in [0.5, 0.6) is 0 Å². The second kappa shape index (κ2) is 11.5. The van der Waals surface area contributed by atoms with E-state index in [1.54, 1.807) is 11.3 Å². The molecule has 1 aliphatic heterocycles. The summed E-state index contributed by atoms with van der Waals surface area (Å²) in [4.78, 5) is 18.2. The van der Waals surface area contributed by atoms with Crippen molar-refractivity contribution in [2.45, 2.75) is 51.2 Å². The van der Waals surface area contributed by atoms with Gasteiger partial charge in [0.25, 0.3) is 0 Å². The second-order valence-corrected chi connectivity index (χ2v) is 11.0. The topological polar surface area (TPSA) is 119 Å². The number of rotatable bonds is 8. The van der Waals surface area contributed by atoms with Crippen molar-refractivity contribution in [3.8, 4) is 0 Å². The van der Waals surface area contributed by atoms with Gasteiger partial charge in [-0.25, -0.2) is 15.0 Å². The summed E-state index contributed by atoms with van der Waals surface area (Å²) >= 11 is 1.60.